The van der Waals surface area contributed by atoms with Crippen molar-refractivity contribution < 1.29 is 4.43 Å². The Bertz CT molecular complexity index is 1290. The molecule has 1 aliphatic rings. The van der Waals surface area contributed by atoms with Crippen LogP contribution >= 0.6 is 0 Å². The minimum absolute atomic E-state index is 0.439. The zero-order valence-corrected chi connectivity index (χ0v) is 25.6. The smallest absolute Gasteiger partial charge is 0.244 e. The summed E-state index contributed by atoms with van der Waals surface area (Å²) in [7, 11) is -7.33. The largest absolute Gasteiger partial charge is 0.401 e. The Morgan fingerprint density at radius 1 is 0.632 bits per heavy atom. The first kappa shape index (κ1) is 27.0. The third kappa shape index (κ3) is 4.20. The van der Waals surface area contributed by atoms with E-state index in [0.29, 0.717) is 13.1 Å². The van der Waals surface area contributed by atoms with E-state index in [9.17, 15) is 0 Å². The van der Waals surface area contributed by atoms with E-state index in [1.165, 1.54) is 21.1 Å². The fourth-order valence-electron chi connectivity index (χ4n) is 7.27. The van der Waals surface area contributed by atoms with Crippen LogP contribution in [0.5, 0.6) is 0 Å². The van der Waals surface area contributed by atoms with Crippen molar-refractivity contribution in [1.82, 2.24) is 0 Å². The topological polar surface area (TPSA) is 61.3 Å². The fraction of sp³-hybridized carbons (Fsp3) is 0.250. The number of hydrogen-bond donors (Lipinski definition) is 2. The maximum Gasteiger partial charge on any atom is 0.244 e. The van der Waals surface area contributed by atoms with Gasteiger partial charge < -0.3 is 15.9 Å². The number of benzene rings is 4. The van der Waals surface area contributed by atoms with Crippen molar-refractivity contribution in [2.24, 2.45) is 11.5 Å². The van der Waals surface area contributed by atoms with Gasteiger partial charge in [0.15, 0.2) is 0 Å². The van der Waals surface area contributed by atoms with Gasteiger partial charge in [0.05, 0.1) is 13.2 Å². The number of nitrogens with two attached hydrogens (primary N) is 2. The summed E-state index contributed by atoms with van der Waals surface area (Å²) in [6, 6.07) is 46.8. The summed E-state index contributed by atoms with van der Waals surface area (Å²) in [5, 5.41) is 4.25. The highest BCUT2D eigenvalue weighted by molar-refractivity contribution is 7.77. The van der Waals surface area contributed by atoms with Crippen LogP contribution in [0.3, 0.4) is 0 Å². The SMILES string of the molecule is C[Si]1(CCN)CC(CCN)(c2ccccc2)O[Si](c2ccccc2)(c2ccccc2)[Si]1(C)c1ccccc1. The van der Waals surface area contributed by atoms with Gasteiger partial charge in [0.2, 0.25) is 7.83 Å². The minimum atomic E-state index is -2.87. The summed E-state index contributed by atoms with van der Waals surface area (Å²) in [4.78, 5) is 0. The molecular weight excluding hydrogens is 513 g/mol. The van der Waals surface area contributed by atoms with E-state index in [0.717, 1.165) is 18.5 Å². The van der Waals surface area contributed by atoms with Gasteiger partial charge in [-0.3, -0.25) is 0 Å². The van der Waals surface area contributed by atoms with Crippen LogP contribution < -0.4 is 27.0 Å². The molecule has 0 amide bonds. The Labute approximate surface area is 230 Å². The minimum Gasteiger partial charge on any atom is -0.401 e. The summed E-state index contributed by atoms with van der Waals surface area (Å²) in [5.41, 5.74) is 13.8. The summed E-state index contributed by atoms with van der Waals surface area (Å²) in [5.74, 6) is 0. The van der Waals surface area contributed by atoms with E-state index in [1.54, 1.807) is 0 Å². The van der Waals surface area contributed by atoms with E-state index < -0.39 is 28.1 Å². The predicted octanol–water partition coefficient (Wildman–Crippen LogP) is 4.20. The molecule has 1 saturated heterocycles. The lowest BCUT2D eigenvalue weighted by atomic mass is 9.92. The van der Waals surface area contributed by atoms with Crippen LogP contribution in [0.15, 0.2) is 121 Å². The van der Waals surface area contributed by atoms with Crippen LogP contribution in [-0.4, -0.2) is 35.6 Å². The average molecular weight is 553 g/mol. The predicted molar refractivity (Wildman–Crippen MR) is 169 cm³/mol. The maximum atomic E-state index is 8.09. The lowest BCUT2D eigenvalue weighted by molar-refractivity contribution is 0.0749. The van der Waals surface area contributed by atoms with E-state index in [2.05, 4.69) is 134 Å². The third-order valence-corrected chi connectivity index (χ3v) is 45.4. The molecule has 38 heavy (non-hydrogen) atoms. The van der Waals surface area contributed by atoms with Crippen LogP contribution in [0.25, 0.3) is 0 Å². The second kappa shape index (κ2) is 10.9. The number of hydrogen-bond acceptors (Lipinski definition) is 3. The molecule has 0 bridgehead atoms. The summed E-state index contributed by atoms with van der Waals surface area (Å²) in [6.45, 7) is 6.61. The molecule has 3 unspecified atom stereocenters. The van der Waals surface area contributed by atoms with Crippen molar-refractivity contribution in [3.63, 3.8) is 0 Å². The standard InChI is InChI=1S/C32H40N2OSi3/c1-36(26-25-34)27-32(23-24-33,28-15-7-3-8-16-28)35-38(30-19-11-5-12-20-30,31-21-13-6-14-22-31)37(36,2)29-17-9-4-10-18-29/h3-22H,23-27,33-34H2,1-2H3. The zero-order chi connectivity index (χ0) is 26.7. The van der Waals surface area contributed by atoms with E-state index >= 15 is 0 Å². The van der Waals surface area contributed by atoms with Gasteiger partial charge >= 0.3 is 0 Å². The van der Waals surface area contributed by atoms with Crippen LogP contribution in [0.4, 0.5) is 0 Å². The fourth-order valence-corrected chi connectivity index (χ4v) is 46.7. The molecule has 0 saturated carbocycles. The Balaban J connectivity index is 1.95. The molecule has 3 nitrogen and oxygen atoms in total. The van der Waals surface area contributed by atoms with Crippen molar-refractivity contribution >= 4 is 38.1 Å². The second-order valence-electron chi connectivity index (χ2n) is 11.2. The average Bonchev–Trinajstić information content (AvgIpc) is 2.97. The first-order chi connectivity index (χ1) is 18.5. The molecule has 0 aliphatic carbocycles. The van der Waals surface area contributed by atoms with Crippen molar-refractivity contribution in [2.75, 3.05) is 13.1 Å². The summed E-state index contributed by atoms with van der Waals surface area (Å²) < 4.78 is 8.09. The zero-order valence-electron chi connectivity index (χ0n) is 22.6. The molecule has 196 valence electrons. The third-order valence-electron chi connectivity index (χ3n) is 9.19. The van der Waals surface area contributed by atoms with Gasteiger partial charge in [0.25, 0.3) is 0 Å². The summed E-state index contributed by atoms with van der Waals surface area (Å²) in [6.07, 6.45) is 0.803. The van der Waals surface area contributed by atoms with Gasteiger partial charge in [-0.15, -0.1) is 0 Å². The molecule has 4 aromatic carbocycles. The normalized spacial score (nSPS) is 26.6. The monoisotopic (exact) mass is 552 g/mol. The summed E-state index contributed by atoms with van der Waals surface area (Å²) >= 11 is 0. The Morgan fingerprint density at radius 3 is 1.53 bits per heavy atom. The Hall–Kier alpha value is -2.59. The van der Waals surface area contributed by atoms with Crippen molar-refractivity contribution in [3.8, 4) is 0 Å². The van der Waals surface area contributed by atoms with Gasteiger partial charge in [-0.1, -0.05) is 140 Å². The highest BCUT2D eigenvalue weighted by atomic mass is 29.6. The maximum absolute atomic E-state index is 8.09. The van der Waals surface area contributed by atoms with Crippen LogP contribution in [0, 0.1) is 0 Å². The molecule has 4 N–H and O–H groups in total. The van der Waals surface area contributed by atoms with Crippen molar-refractivity contribution in [2.45, 2.75) is 37.2 Å². The van der Waals surface area contributed by atoms with Gasteiger partial charge in [0, 0.05) is 0 Å². The van der Waals surface area contributed by atoms with E-state index in [1.807, 2.05) is 0 Å². The van der Waals surface area contributed by atoms with Gasteiger partial charge in [-0.25, -0.2) is 0 Å². The van der Waals surface area contributed by atoms with Gasteiger partial charge in [-0.2, -0.15) is 0 Å². The molecule has 1 fully saturated rings. The molecule has 1 aliphatic heterocycles. The molecule has 0 radical (unpaired) electrons. The lowest BCUT2D eigenvalue weighted by Gasteiger charge is -2.64. The van der Waals surface area contributed by atoms with E-state index in [4.69, 9.17) is 15.9 Å². The van der Waals surface area contributed by atoms with E-state index in [-0.39, 0.29) is 0 Å². The second-order valence-corrected chi connectivity index (χ2v) is 33.9. The first-order valence-corrected chi connectivity index (χ1v) is 23.1. The molecule has 0 aromatic heterocycles. The van der Waals surface area contributed by atoms with Crippen LogP contribution in [0.2, 0.25) is 25.2 Å². The lowest BCUT2D eigenvalue weighted by Crippen LogP contribution is -2.93. The highest BCUT2D eigenvalue weighted by Gasteiger charge is 2.72. The Morgan fingerprint density at radius 2 is 1.08 bits per heavy atom. The van der Waals surface area contributed by atoms with Crippen molar-refractivity contribution in [3.05, 3.63) is 127 Å². The van der Waals surface area contributed by atoms with Crippen LogP contribution in [0.1, 0.15) is 12.0 Å². The number of rotatable bonds is 8. The molecule has 1 heterocycles. The van der Waals surface area contributed by atoms with Gasteiger partial charge in [0.1, 0.15) is 7.11 Å². The molecule has 6 heteroatoms. The molecule has 3 atom stereocenters. The van der Waals surface area contributed by atoms with Gasteiger partial charge in [-0.05, 0) is 47.5 Å². The molecular formula is C32H40N2OSi3. The Kier molecular flexibility index (Phi) is 7.73. The highest BCUT2D eigenvalue weighted by Crippen LogP contribution is 2.51. The van der Waals surface area contributed by atoms with Crippen molar-refractivity contribution in [1.29, 1.82) is 0 Å². The molecule has 0 spiro atoms. The molecule has 4 aromatic rings. The van der Waals surface area contributed by atoms with Crippen LogP contribution in [-0.2, 0) is 10.0 Å². The quantitative estimate of drug-likeness (QED) is 0.322. The first-order valence-electron chi connectivity index (χ1n) is 13.8. The molecule has 5 rings (SSSR count).